The Balaban J connectivity index is 2.60. The second-order valence-corrected chi connectivity index (χ2v) is 3.77. The van der Waals surface area contributed by atoms with Crippen molar-refractivity contribution in [1.29, 1.82) is 0 Å². The van der Waals surface area contributed by atoms with Gasteiger partial charge in [-0.2, -0.15) is 0 Å². The molecule has 0 bridgehead atoms. The lowest BCUT2D eigenvalue weighted by molar-refractivity contribution is -0.141. The van der Waals surface area contributed by atoms with Crippen molar-refractivity contribution in [3.63, 3.8) is 0 Å². The zero-order chi connectivity index (χ0) is 9.84. The molecule has 0 saturated heterocycles. The van der Waals surface area contributed by atoms with E-state index in [0.29, 0.717) is 6.42 Å². The Morgan fingerprint density at radius 3 is 3.00 bits per heavy atom. The molecule has 0 amide bonds. The van der Waals surface area contributed by atoms with Crippen LogP contribution in [0.4, 0.5) is 0 Å². The Bertz CT molecular complexity index is 289. The molecule has 2 nitrogen and oxygen atoms in total. The summed E-state index contributed by atoms with van der Waals surface area (Å²) >= 11 is 3.34. The molecule has 1 aliphatic carbocycles. The van der Waals surface area contributed by atoms with E-state index in [0.717, 1.165) is 10.1 Å². The first kappa shape index (κ1) is 10.3. The Morgan fingerprint density at radius 2 is 2.46 bits per heavy atom. The molecule has 3 heteroatoms. The highest BCUT2D eigenvalue weighted by molar-refractivity contribution is 9.11. The summed E-state index contributed by atoms with van der Waals surface area (Å²) in [4.78, 5) is 11.0. The van der Waals surface area contributed by atoms with Crippen molar-refractivity contribution in [3.8, 4) is 0 Å². The first-order valence-corrected chi connectivity index (χ1v) is 4.74. The Labute approximate surface area is 86.1 Å². The number of esters is 1. The van der Waals surface area contributed by atoms with Crippen molar-refractivity contribution in [1.82, 2.24) is 0 Å². The molecule has 1 rings (SSSR count). The normalized spacial score (nSPS) is 21.2. The van der Waals surface area contributed by atoms with Crippen LogP contribution in [0.25, 0.3) is 0 Å². The molecule has 0 heterocycles. The van der Waals surface area contributed by atoms with E-state index < -0.39 is 0 Å². The number of methoxy groups -OCH3 is 1. The lowest BCUT2D eigenvalue weighted by Gasteiger charge is -2.15. The number of allylic oxidation sites excluding steroid dienone is 5. The van der Waals surface area contributed by atoms with Crippen LogP contribution in [0, 0.1) is 5.92 Å². The van der Waals surface area contributed by atoms with Crippen molar-refractivity contribution in [3.05, 3.63) is 34.9 Å². The molecule has 0 fully saturated rings. The molecule has 0 radical (unpaired) electrons. The number of halogens is 1. The van der Waals surface area contributed by atoms with Crippen LogP contribution in [-0.2, 0) is 9.53 Å². The minimum absolute atomic E-state index is 0.0775. The SMILES string of the molecule is C=C1C=C(Br)C=CC1CC(=O)OC. The Hall–Kier alpha value is -0.830. The van der Waals surface area contributed by atoms with Crippen LogP contribution >= 0.6 is 15.9 Å². The standard InChI is InChI=1S/C10H11BrO2/c1-7-5-9(11)4-3-8(7)6-10(12)13-2/h3-5,8H,1,6H2,2H3. The lowest BCUT2D eigenvalue weighted by Crippen LogP contribution is -2.10. The predicted molar refractivity (Wildman–Crippen MR) is 55.4 cm³/mol. The van der Waals surface area contributed by atoms with Gasteiger partial charge in [0.1, 0.15) is 0 Å². The third-order valence-corrected chi connectivity index (χ3v) is 2.39. The first-order valence-electron chi connectivity index (χ1n) is 3.94. The topological polar surface area (TPSA) is 26.3 Å². The third kappa shape index (κ3) is 2.84. The van der Waals surface area contributed by atoms with Gasteiger partial charge in [0.2, 0.25) is 0 Å². The molecule has 1 unspecified atom stereocenters. The lowest BCUT2D eigenvalue weighted by atomic mass is 9.93. The average molecular weight is 243 g/mol. The van der Waals surface area contributed by atoms with E-state index >= 15 is 0 Å². The fourth-order valence-corrected chi connectivity index (χ4v) is 1.57. The van der Waals surface area contributed by atoms with E-state index in [1.54, 1.807) is 0 Å². The molecule has 0 aliphatic heterocycles. The van der Waals surface area contributed by atoms with E-state index in [9.17, 15) is 4.79 Å². The fraction of sp³-hybridized carbons (Fsp3) is 0.300. The molecular weight excluding hydrogens is 232 g/mol. The molecule has 70 valence electrons. The second-order valence-electron chi connectivity index (χ2n) is 2.85. The quantitative estimate of drug-likeness (QED) is 0.696. The summed E-state index contributed by atoms with van der Waals surface area (Å²) in [7, 11) is 1.39. The summed E-state index contributed by atoms with van der Waals surface area (Å²) in [6.07, 6.45) is 6.14. The number of hydrogen-bond donors (Lipinski definition) is 0. The molecular formula is C10H11BrO2. The zero-order valence-electron chi connectivity index (χ0n) is 7.42. The maximum Gasteiger partial charge on any atom is 0.306 e. The van der Waals surface area contributed by atoms with Crippen molar-refractivity contribution in [2.45, 2.75) is 6.42 Å². The minimum Gasteiger partial charge on any atom is -0.469 e. The average Bonchev–Trinajstić information content (AvgIpc) is 2.09. The molecule has 1 aliphatic rings. The van der Waals surface area contributed by atoms with Crippen LogP contribution in [0.15, 0.2) is 34.9 Å². The van der Waals surface area contributed by atoms with E-state index in [4.69, 9.17) is 0 Å². The highest BCUT2D eigenvalue weighted by atomic mass is 79.9. The van der Waals surface area contributed by atoms with Gasteiger partial charge in [0.05, 0.1) is 13.5 Å². The number of carbonyl (C=O) groups excluding carboxylic acids is 1. The Morgan fingerprint density at radius 1 is 1.77 bits per heavy atom. The largest absolute Gasteiger partial charge is 0.469 e. The molecule has 13 heavy (non-hydrogen) atoms. The smallest absolute Gasteiger partial charge is 0.306 e. The highest BCUT2D eigenvalue weighted by Crippen LogP contribution is 2.26. The van der Waals surface area contributed by atoms with E-state index in [1.165, 1.54) is 7.11 Å². The van der Waals surface area contributed by atoms with Crippen LogP contribution < -0.4 is 0 Å². The van der Waals surface area contributed by atoms with Crippen molar-refractivity contribution < 1.29 is 9.53 Å². The number of rotatable bonds is 2. The number of hydrogen-bond acceptors (Lipinski definition) is 2. The summed E-state index contributed by atoms with van der Waals surface area (Å²) in [6.45, 7) is 3.87. The second kappa shape index (κ2) is 4.42. The maximum atomic E-state index is 11.0. The fourth-order valence-electron chi connectivity index (χ4n) is 1.13. The van der Waals surface area contributed by atoms with Gasteiger partial charge < -0.3 is 4.74 Å². The number of carbonyl (C=O) groups is 1. The van der Waals surface area contributed by atoms with Crippen molar-refractivity contribution in [2.75, 3.05) is 7.11 Å². The molecule has 0 aromatic rings. The van der Waals surface area contributed by atoms with Crippen LogP contribution in [-0.4, -0.2) is 13.1 Å². The number of ether oxygens (including phenoxy) is 1. The predicted octanol–water partition coefficient (Wildman–Crippen LogP) is 2.57. The van der Waals surface area contributed by atoms with Gasteiger partial charge in [-0.05, 0) is 11.6 Å². The van der Waals surface area contributed by atoms with Crippen LogP contribution in [0.5, 0.6) is 0 Å². The van der Waals surface area contributed by atoms with Gasteiger partial charge in [0.15, 0.2) is 0 Å². The molecule has 0 N–H and O–H groups in total. The minimum atomic E-state index is -0.206. The van der Waals surface area contributed by atoms with Gasteiger partial charge in [-0.1, -0.05) is 34.7 Å². The van der Waals surface area contributed by atoms with E-state index in [-0.39, 0.29) is 11.9 Å². The van der Waals surface area contributed by atoms with Gasteiger partial charge in [-0.25, -0.2) is 0 Å². The zero-order valence-corrected chi connectivity index (χ0v) is 9.00. The van der Waals surface area contributed by atoms with Gasteiger partial charge >= 0.3 is 5.97 Å². The summed E-state index contributed by atoms with van der Waals surface area (Å²) in [5, 5.41) is 0. The van der Waals surface area contributed by atoms with Crippen LogP contribution in [0.1, 0.15) is 6.42 Å². The molecule has 0 spiro atoms. The summed E-state index contributed by atoms with van der Waals surface area (Å²) < 4.78 is 5.57. The summed E-state index contributed by atoms with van der Waals surface area (Å²) in [5.41, 5.74) is 0.930. The monoisotopic (exact) mass is 242 g/mol. The molecule has 1 atom stereocenters. The molecule has 0 aromatic heterocycles. The van der Waals surface area contributed by atoms with E-state index in [2.05, 4.69) is 27.2 Å². The first-order chi connectivity index (χ1) is 6.13. The Kier molecular flexibility index (Phi) is 3.48. The molecule has 0 saturated carbocycles. The van der Waals surface area contributed by atoms with Crippen molar-refractivity contribution >= 4 is 21.9 Å². The summed E-state index contributed by atoms with van der Waals surface area (Å²) in [6, 6.07) is 0. The summed E-state index contributed by atoms with van der Waals surface area (Å²) in [5.74, 6) is -0.129. The van der Waals surface area contributed by atoms with Gasteiger partial charge in [-0.15, -0.1) is 0 Å². The van der Waals surface area contributed by atoms with Crippen LogP contribution in [0.2, 0.25) is 0 Å². The molecule has 0 aromatic carbocycles. The van der Waals surface area contributed by atoms with Crippen LogP contribution in [0.3, 0.4) is 0 Å². The van der Waals surface area contributed by atoms with E-state index in [1.807, 2.05) is 18.2 Å². The third-order valence-electron chi connectivity index (χ3n) is 1.90. The van der Waals surface area contributed by atoms with Gasteiger partial charge in [0, 0.05) is 10.4 Å². The highest BCUT2D eigenvalue weighted by Gasteiger charge is 2.15. The maximum absolute atomic E-state index is 11.0. The van der Waals surface area contributed by atoms with Gasteiger partial charge in [0.25, 0.3) is 0 Å². The van der Waals surface area contributed by atoms with Crippen molar-refractivity contribution in [2.24, 2.45) is 5.92 Å². The van der Waals surface area contributed by atoms with Gasteiger partial charge in [-0.3, -0.25) is 4.79 Å².